The van der Waals surface area contributed by atoms with Crippen molar-refractivity contribution in [2.24, 2.45) is 0 Å². The Morgan fingerprint density at radius 2 is 1.89 bits per heavy atom. The number of ether oxygens (including phenoxy) is 1. The van der Waals surface area contributed by atoms with E-state index in [-0.39, 0.29) is 0 Å². The van der Waals surface area contributed by atoms with Gasteiger partial charge in [-0.1, -0.05) is 19.3 Å². The van der Waals surface area contributed by atoms with Crippen molar-refractivity contribution in [3.8, 4) is 11.8 Å². The van der Waals surface area contributed by atoms with Gasteiger partial charge in [-0.15, -0.1) is 0 Å². The van der Waals surface area contributed by atoms with E-state index < -0.39 is 23.5 Å². The Bertz CT molecular complexity index is 889. The summed E-state index contributed by atoms with van der Waals surface area (Å²) in [5, 5.41) is 16.5. The van der Waals surface area contributed by atoms with E-state index >= 15 is 0 Å². The highest BCUT2D eigenvalue weighted by Gasteiger charge is 2.35. The van der Waals surface area contributed by atoms with Gasteiger partial charge in [0, 0.05) is 11.9 Å². The zero-order chi connectivity index (χ0) is 20.1. The van der Waals surface area contributed by atoms with Crippen molar-refractivity contribution in [1.29, 1.82) is 5.26 Å². The molecule has 1 fully saturated rings. The van der Waals surface area contributed by atoms with Gasteiger partial charge < -0.3 is 10.1 Å². The van der Waals surface area contributed by atoms with Crippen LogP contribution in [0.3, 0.4) is 0 Å². The van der Waals surface area contributed by atoms with Crippen LogP contribution < -0.4 is 5.32 Å². The predicted octanol–water partition coefficient (Wildman–Crippen LogP) is 3.07. The van der Waals surface area contributed by atoms with Crippen molar-refractivity contribution in [3.63, 3.8) is 0 Å². The zero-order valence-electron chi connectivity index (χ0n) is 16.1. The molecule has 7 nitrogen and oxygen atoms in total. The minimum atomic E-state index is -0.979. The summed E-state index contributed by atoms with van der Waals surface area (Å²) in [6, 6.07) is 10.9. The molecule has 0 spiro atoms. The van der Waals surface area contributed by atoms with E-state index in [1.165, 1.54) is 6.92 Å². The summed E-state index contributed by atoms with van der Waals surface area (Å²) in [4.78, 5) is 24.8. The number of esters is 1. The lowest BCUT2D eigenvalue weighted by Crippen LogP contribution is -2.52. The lowest BCUT2D eigenvalue weighted by molar-refractivity contribution is -0.130. The van der Waals surface area contributed by atoms with Crippen molar-refractivity contribution < 1.29 is 14.3 Å². The third kappa shape index (κ3) is 4.22. The minimum Gasteiger partial charge on any atom is -0.449 e. The summed E-state index contributed by atoms with van der Waals surface area (Å²) < 4.78 is 7.06. The first-order valence-corrected chi connectivity index (χ1v) is 9.49. The highest BCUT2D eigenvalue weighted by molar-refractivity contribution is 5.92. The summed E-state index contributed by atoms with van der Waals surface area (Å²) in [5.41, 5.74) is 1.31. The molecule has 0 unspecified atom stereocenters. The predicted molar refractivity (Wildman–Crippen MR) is 103 cm³/mol. The number of rotatable bonds is 5. The summed E-state index contributed by atoms with van der Waals surface area (Å²) in [6.07, 6.45) is 4.87. The summed E-state index contributed by atoms with van der Waals surface area (Å²) >= 11 is 0. The van der Waals surface area contributed by atoms with Crippen molar-refractivity contribution in [2.45, 2.75) is 57.6 Å². The lowest BCUT2D eigenvalue weighted by Gasteiger charge is -2.32. The second-order valence-corrected chi connectivity index (χ2v) is 7.22. The number of carbonyl (C=O) groups excluding carboxylic acids is 2. The molecule has 7 heteroatoms. The lowest BCUT2D eigenvalue weighted by atomic mass is 9.83. The normalized spacial score (nSPS) is 16.6. The molecule has 2 aromatic rings. The van der Waals surface area contributed by atoms with Gasteiger partial charge in [-0.3, -0.25) is 4.79 Å². The fourth-order valence-corrected chi connectivity index (χ4v) is 3.42. The Kier molecular flexibility index (Phi) is 5.78. The molecular formula is C21H24N4O3. The maximum atomic E-state index is 12.4. The molecule has 0 aliphatic heterocycles. The van der Waals surface area contributed by atoms with E-state index in [0.29, 0.717) is 18.4 Å². The average molecular weight is 380 g/mol. The summed E-state index contributed by atoms with van der Waals surface area (Å²) in [7, 11) is 0. The van der Waals surface area contributed by atoms with Gasteiger partial charge in [-0.25, -0.2) is 9.48 Å². The standard InChI is InChI=1S/C21H24N4O3/c1-15-10-13-23-25(15)18-8-6-17(7-9-18)20(27)28-16(2)19(26)24-21(14-22)11-4-3-5-12-21/h6-10,13,16H,3-5,11-12H2,1-2H3,(H,24,26)/t16-/m0/s1. The SMILES string of the molecule is Cc1ccnn1-c1ccc(C(=O)O[C@@H](C)C(=O)NC2(C#N)CCCCC2)cc1. The van der Waals surface area contributed by atoms with Gasteiger partial charge in [0.2, 0.25) is 0 Å². The van der Waals surface area contributed by atoms with Crippen LogP contribution in [-0.4, -0.2) is 33.3 Å². The molecule has 1 aromatic heterocycles. The van der Waals surface area contributed by atoms with E-state index in [4.69, 9.17) is 4.74 Å². The molecule has 1 heterocycles. The molecule has 1 N–H and O–H groups in total. The zero-order valence-corrected chi connectivity index (χ0v) is 16.1. The maximum absolute atomic E-state index is 12.4. The Balaban J connectivity index is 1.61. The molecule has 1 saturated carbocycles. The molecule has 0 radical (unpaired) electrons. The second-order valence-electron chi connectivity index (χ2n) is 7.22. The van der Waals surface area contributed by atoms with Crippen LogP contribution in [0.4, 0.5) is 0 Å². The van der Waals surface area contributed by atoms with Gasteiger partial charge in [-0.05, 0) is 57.0 Å². The van der Waals surface area contributed by atoms with Crippen LogP contribution in [-0.2, 0) is 9.53 Å². The number of aromatic nitrogens is 2. The molecule has 3 rings (SSSR count). The average Bonchev–Trinajstić information content (AvgIpc) is 3.14. The molecule has 1 amide bonds. The number of carbonyl (C=O) groups is 2. The summed E-state index contributed by atoms with van der Waals surface area (Å²) in [6.45, 7) is 3.46. The van der Waals surface area contributed by atoms with E-state index in [1.807, 2.05) is 13.0 Å². The molecule has 1 atom stereocenters. The molecule has 0 saturated heterocycles. The minimum absolute atomic E-state index is 0.348. The van der Waals surface area contributed by atoms with E-state index in [9.17, 15) is 14.9 Å². The van der Waals surface area contributed by atoms with Gasteiger partial charge in [0.05, 0.1) is 17.3 Å². The third-order valence-electron chi connectivity index (χ3n) is 5.12. The van der Waals surface area contributed by atoms with Gasteiger partial charge in [0.15, 0.2) is 6.10 Å². The van der Waals surface area contributed by atoms with Crippen LogP contribution in [0.1, 0.15) is 55.1 Å². The van der Waals surface area contributed by atoms with Gasteiger partial charge in [0.1, 0.15) is 5.54 Å². The topological polar surface area (TPSA) is 97.0 Å². The number of nitrogens with one attached hydrogen (secondary N) is 1. The molecule has 0 bridgehead atoms. The van der Waals surface area contributed by atoms with Crippen LogP contribution >= 0.6 is 0 Å². The number of amides is 1. The number of nitriles is 1. The third-order valence-corrected chi connectivity index (χ3v) is 5.12. The van der Waals surface area contributed by atoms with Crippen LogP contribution in [0, 0.1) is 18.3 Å². The molecule has 1 aromatic carbocycles. The number of hydrogen-bond donors (Lipinski definition) is 1. The first kappa shape index (κ1) is 19.6. The molecule has 1 aliphatic rings. The van der Waals surface area contributed by atoms with Crippen molar-refractivity contribution in [2.75, 3.05) is 0 Å². The second kappa shape index (κ2) is 8.26. The number of hydrogen-bond acceptors (Lipinski definition) is 5. The van der Waals surface area contributed by atoms with Crippen molar-refractivity contribution in [3.05, 3.63) is 47.8 Å². The summed E-state index contributed by atoms with van der Waals surface area (Å²) in [5.74, 6) is -1.03. The molecular weight excluding hydrogens is 356 g/mol. The van der Waals surface area contributed by atoms with Crippen LogP contribution in [0.25, 0.3) is 5.69 Å². The van der Waals surface area contributed by atoms with Crippen LogP contribution in [0.2, 0.25) is 0 Å². The highest BCUT2D eigenvalue weighted by Crippen LogP contribution is 2.27. The first-order valence-electron chi connectivity index (χ1n) is 9.49. The fraction of sp³-hybridized carbons (Fsp3) is 0.429. The Hall–Kier alpha value is -3.14. The van der Waals surface area contributed by atoms with E-state index in [0.717, 1.165) is 30.6 Å². The van der Waals surface area contributed by atoms with Crippen molar-refractivity contribution >= 4 is 11.9 Å². The molecule has 146 valence electrons. The number of benzene rings is 1. The molecule has 28 heavy (non-hydrogen) atoms. The van der Waals surface area contributed by atoms with Gasteiger partial charge >= 0.3 is 5.97 Å². The number of nitrogens with zero attached hydrogens (tertiary/aromatic N) is 3. The smallest absolute Gasteiger partial charge is 0.338 e. The first-order chi connectivity index (χ1) is 13.4. The van der Waals surface area contributed by atoms with Gasteiger partial charge in [-0.2, -0.15) is 10.4 Å². The van der Waals surface area contributed by atoms with Gasteiger partial charge in [0.25, 0.3) is 5.91 Å². The quantitative estimate of drug-likeness (QED) is 0.804. The Morgan fingerprint density at radius 1 is 1.21 bits per heavy atom. The maximum Gasteiger partial charge on any atom is 0.338 e. The van der Waals surface area contributed by atoms with E-state index in [2.05, 4.69) is 16.5 Å². The van der Waals surface area contributed by atoms with E-state index in [1.54, 1.807) is 35.1 Å². The Morgan fingerprint density at radius 3 is 2.46 bits per heavy atom. The monoisotopic (exact) mass is 380 g/mol. The Labute approximate surface area is 164 Å². The van der Waals surface area contributed by atoms with Crippen LogP contribution in [0.5, 0.6) is 0 Å². The van der Waals surface area contributed by atoms with Crippen LogP contribution in [0.15, 0.2) is 36.5 Å². The highest BCUT2D eigenvalue weighted by atomic mass is 16.5. The number of aryl methyl sites for hydroxylation is 1. The fourth-order valence-electron chi connectivity index (χ4n) is 3.42. The largest absolute Gasteiger partial charge is 0.449 e. The van der Waals surface area contributed by atoms with Crippen molar-refractivity contribution in [1.82, 2.24) is 15.1 Å². The molecule has 1 aliphatic carbocycles.